The Morgan fingerprint density at radius 1 is 1.58 bits per heavy atom. The van der Waals surface area contributed by atoms with Crippen molar-refractivity contribution in [3.05, 3.63) is 28.2 Å². The molecule has 0 bridgehead atoms. The van der Waals surface area contributed by atoms with Crippen molar-refractivity contribution >= 4 is 15.9 Å². The van der Waals surface area contributed by atoms with Crippen LogP contribution in [0, 0.1) is 0 Å². The Morgan fingerprint density at radius 3 is 3.08 bits per heavy atom. The lowest BCUT2D eigenvalue weighted by molar-refractivity contribution is 0.134. The van der Waals surface area contributed by atoms with Crippen LogP contribution >= 0.6 is 15.9 Å². The van der Waals surface area contributed by atoms with E-state index in [2.05, 4.69) is 15.9 Å². The molecule has 1 heterocycles. The summed E-state index contributed by atoms with van der Waals surface area (Å²) in [5, 5.41) is 8.89. The van der Waals surface area contributed by atoms with Crippen molar-refractivity contribution < 1.29 is 9.84 Å². The van der Waals surface area contributed by atoms with Crippen molar-refractivity contribution in [3.63, 3.8) is 0 Å². The number of halogens is 1. The second-order valence-corrected chi connectivity index (χ2v) is 3.70. The van der Waals surface area contributed by atoms with Crippen LogP contribution in [0.3, 0.4) is 0 Å². The Balaban J connectivity index is 2.35. The van der Waals surface area contributed by atoms with Gasteiger partial charge in [-0.15, -0.1) is 0 Å². The Bertz CT molecular complexity index is 299. The molecule has 1 N–H and O–H groups in total. The Morgan fingerprint density at radius 2 is 2.42 bits per heavy atom. The highest BCUT2D eigenvalue weighted by Gasteiger charge is 2.23. The molecule has 0 saturated heterocycles. The van der Waals surface area contributed by atoms with Crippen molar-refractivity contribution in [2.45, 2.75) is 12.5 Å². The van der Waals surface area contributed by atoms with E-state index in [-0.39, 0.29) is 12.7 Å². The van der Waals surface area contributed by atoms with E-state index in [0.29, 0.717) is 0 Å². The smallest absolute Gasteiger partial charge is 0.126 e. The first-order valence-electron chi connectivity index (χ1n) is 3.86. The maximum Gasteiger partial charge on any atom is 0.126 e. The highest BCUT2D eigenvalue weighted by Crippen LogP contribution is 2.33. The zero-order valence-corrected chi connectivity index (χ0v) is 8.04. The summed E-state index contributed by atoms with van der Waals surface area (Å²) < 4.78 is 6.52. The topological polar surface area (TPSA) is 29.5 Å². The molecule has 1 aromatic rings. The average Bonchev–Trinajstić information content (AvgIpc) is 2.49. The van der Waals surface area contributed by atoms with Crippen LogP contribution in [0.2, 0.25) is 0 Å². The summed E-state index contributed by atoms with van der Waals surface area (Å²) in [5.74, 6) is 0.892. The Hall–Kier alpha value is -0.540. The number of benzene rings is 1. The molecule has 2 rings (SSSR count). The third-order valence-corrected chi connectivity index (χ3v) is 2.75. The summed E-state index contributed by atoms with van der Waals surface area (Å²) in [5.41, 5.74) is 1.16. The maximum absolute atomic E-state index is 8.89. The second kappa shape index (κ2) is 3.07. The van der Waals surface area contributed by atoms with Gasteiger partial charge < -0.3 is 9.84 Å². The van der Waals surface area contributed by atoms with Gasteiger partial charge in [-0.25, -0.2) is 0 Å². The highest BCUT2D eigenvalue weighted by atomic mass is 79.9. The fourth-order valence-corrected chi connectivity index (χ4v) is 1.91. The third kappa shape index (κ3) is 1.23. The lowest BCUT2D eigenvalue weighted by Crippen LogP contribution is -2.17. The van der Waals surface area contributed by atoms with E-state index in [1.165, 1.54) is 0 Å². The van der Waals surface area contributed by atoms with Gasteiger partial charge in [0, 0.05) is 16.5 Å². The van der Waals surface area contributed by atoms with Crippen LogP contribution in [0.1, 0.15) is 5.56 Å². The molecule has 0 saturated carbocycles. The van der Waals surface area contributed by atoms with Crippen molar-refractivity contribution in [1.29, 1.82) is 0 Å². The van der Waals surface area contributed by atoms with E-state index < -0.39 is 0 Å². The van der Waals surface area contributed by atoms with Crippen LogP contribution in [-0.2, 0) is 6.42 Å². The predicted molar refractivity (Wildman–Crippen MR) is 49.3 cm³/mol. The molecule has 0 aromatic heterocycles. The molecule has 0 radical (unpaired) electrons. The molecule has 3 heteroatoms. The molecule has 1 aliphatic heterocycles. The molecule has 64 valence electrons. The van der Waals surface area contributed by atoms with Gasteiger partial charge in [-0.2, -0.15) is 0 Å². The van der Waals surface area contributed by atoms with Gasteiger partial charge in [0.05, 0.1) is 6.61 Å². The molecule has 1 atom stereocenters. The molecule has 0 aliphatic carbocycles. The van der Waals surface area contributed by atoms with Crippen molar-refractivity contribution in [3.8, 4) is 5.75 Å². The van der Waals surface area contributed by atoms with E-state index in [9.17, 15) is 0 Å². The summed E-state index contributed by atoms with van der Waals surface area (Å²) in [6.45, 7) is 0.0844. The number of hydrogen-bond acceptors (Lipinski definition) is 2. The first-order chi connectivity index (χ1) is 5.81. The van der Waals surface area contributed by atoms with Crippen LogP contribution in [0.25, 0.3) is 0 Å². The van der Waals surface area contributed by atoms with Crippen molar-refractivity contribution in [1.82, 2.24) is 0 Å². The average molecular weight is 229 g/mol. The van der Waals surface area contributed by atoms with Crippen LogP contribution in [0.4, 0.5) is 0 Å². The first kappa shape index (κ1) is 8.08. The van der Waals surface area contributed by atoms with Gasteiger partial charge in [0.25, 0.3) is 0 Å². The zero-order valence-electron chi connectivity index (χ0n) is 6.46. The molecular formula is C9H9BrO2. The van der Waals surface area contributed by atoms with Crippen LogP contribution in [0.5, 0.6) is 5.75 Å². The van der Waals surface area contributed by atoms with E-state index >= 15 is 0 Å². The summed E-state index contributed by atoms with van der Waals surface area (Å²) >= 11 is 3.44. The van der Waals surface area contributed by atoms with Crippen LogP contribution < -0.4 is 4.74 Å². The zero-order chi connectivity index (χ0) is 8.55. The van der Waals surface area contributed by atoms with Crippen LogP contribution in [-0.4, -0.2) is 17.8 Å². The molecule has 1 aromatic carbocycles. The molecule has 2 nitrogen and oxygen atoms in total. The van der Waals surface area contributed by atoms with Crippen molar-refractivity contribution in [2.24, 2.45) is 0 Å². The summed E-state index contributed by atoms with van der Waals surface area (Å²) in [6.07, 6.45) is 0.742. The largest absolute Gasteiger partial charge is 0.487 e. The lowest BCUT2D eigenvalue weighted by atomic mass is 10.1. The van der Waals surface area contributed by atoms with Gasteiger partial charge in [-0.05, 0) is 12.1 Å². The molecule has 0 spiro atoms. The SMILES string of the molecule is OC[C@@H]1Cc2c(Br)cccc2O1. The summed E-state index contributed by atoms with van der Waals surface area (Å²) in [4.78, 5) is 0. The fourth-order valence-electron chi connectivity index (χ4n) is 1.40. The van der Waals surface area contributed by atoms with E-state index in [1.807, 2.05) is 18.2 Å². The third-order valence-electron chi connectivity index (χ3n) is 2.00. The number of aliphatic hydroxyl groups is 1. The van der Waals surface area contributed by atoms with E-state index in [1.54, 1.807) is 0 Å². The molecule has 0 unspecified atom stereocenters. The summed E-state index contributed by atoms with van der Waals surface area (Å²) in [6, 6.07) is 5.85. The monoisotopic (exact) mass is 228 g/mol. The standard InChI is InChI=1S/C9H9BrO2/c10-8-2-1-3-9-7(8)4-6(5-11)12-9/h1-3,6,11H,4-5H2/t6-/m0/s1. The number of aliphatic hydroxyl groups excluding tert-OH is 1. The molecule has 0 amide bonds. The molecule has 12 heavy (non-hydrogen) atoms. The summed E-state index contributed by atoms with van der Waals surface area (Å²) in [7, 11) is 0. The molecule has 1 aliphatic rings. The maximum atomic E-state index is 8.89. The van der Waals surface area contributed by atoms with Gasteiger partial charge in [0.2, 0.25) is 0 Å². The quantitative estimate of drug-likeness (QED) is 0.794. The van der Waals surface area contributed by atoms with Gasteiger partial charge in [0.1, 0.15) is 11.9 Å². The minimum atomic E-state index is -0.0568. The normalized spacial score (nSPS) is 20.3. The van der Waals surface area contributed by atoms with E-state index in [0.717, 1.165) is 22.2 Å². The molecular weight excluding hydrogens is 220 g/mol. The fraction of sp³-hybridized carbons (Fsp3) is 0.333. The van der Waals surface area contributed by atoms with Crippen LogP contribution in [0.15, 0.2) is 22.7 Å². The highest BCUT2D eigenvalue weighted by molar-refractivity contribution is 9.10. The number of ether oxygens (including phenoxy) is 1. The van der Waals surface area contributed by atoms with Gasteiger partial charge in [0.15, 0.2) is 0 Å². The van der Waals surface area contributed by atoms with E-state index in [4.69, 9.17) is 9.84 Å². The number of hydrogen-bond donors (Lipinski definition) is 1. The Kier molecular flexibility index (Phi) is 2.07. The molecule has 0 fully saturated rings. The predicted octanol–water partition coefficient (Wildman–Crippen LogP) is 1.74. The first-order valence-corrected chi connectivity index (χ1v) is 4.65. The van der Waals surface area contributed by atoms with Gasteiger partial charge in [-0.1, -0.05) is 22.0 Å². The Labute approximate surface area is 79.3 Å². The van der Waals surface area contributed by atoms with Gasteiger partial charge >= 0.3 is 0 Å². The van der Waals surface area contributed by atoms with Gasteiger partial charge in [-0.3, -0.25) is 0 Å². The number of fused-ring (bicyclic) bond motifs is 1. The van der Waals surface area contributed by atoms with Crippen molar-refractivity contribution in [2.75, 3.05) is 6.61 Å². The minimum Gasteiger partial charge on any atom is -0.487 e. The lowest BCUT2D eigenvalue weighted by Gasteiger charge is -2.04. The minimum absolute atomic E-state index is 0.0568. The number of rotatable bonds is 1. The second-order valence-electron chi connectivity index (χ2n) is 2.84.